The number of aliphatic imine (C=N–C) groups is 1. The van der Waals surface area contributed by atoms with Crippen molar-refractivity contribution in [2.24, 2.45) is 10.9 Å². The van der Waals surface area contributed by atoms with Crippen LogP contribution in [0.2, 0.25) is 0 Å². The number of hydrogen-bond donors (Lipinski definition) is 1. The maximum atomic E-state index is 4.68. The first-order valence-corrected chi connectivity index (χ1v) is 8.13. The number of nitrogens with zero attached hydrogens (tertiary/aromatic N) is 1. The molecule has 1 aliphatic carbocycles. The molecule has 2 heteroatoms. The fourth-order valence-corrected chi connectivity index (χ4v) is 3.75. The molecule has 4 rings (SSSR count). The largest absolute Gasteiger partial charge is 0.372 e. The van der Waals surface area contributed by atoms with Gasteiger partial charge in [-0.15, -0.1) is 0 Å². The van der Waals surface area contributed by atoms with Crippen molar-refractivity contribution in [3.05, 3.63) is 70.8 Å². The average Bonchev–Trinajstić information content (AvgIpc) is 3.04. The van der Waals surface area contributed by atoms with Gasteiger partial charge in [0.25, 0.3) is 0 Å². The van der Waals surface area contributed by atoms with E-state index in [4.69, 9.17) is 0 Å². The molecule has 0 bridgehead atoms. The van der Waals surface area contributed by atoms with E-state index in [1.165, 1.54) is 28.1 Å². The van der Waals surface area contributed by atoms with Crippen molar-refractivity contribution in [1.29, 1.82) is 0 Å². The quantitative estimate of drug-likeness (QED) is 0.917. The first kappa shape index (κ1) is 13.6. The summed E-state index contributed by atoms with van der Waals surface area (Å²) in [4.78, 5) is 4.68. The highest BCUT2D eigenvalue weighted by molar-refractivity contribution is 5.91. The van der Waals surface area contributed by atoms with E-state index in [0.29, 0.717) is 5.92 Å². The second-order valence-corrected chi connectivity index (χ2v) is 6.65. The molecule has 2 aliphatic rings. The Balaban J connectivity index is 1.79. The molecule has 1 atom stereocenters. The minimum atomic E-state index is 0.109. The second-order valence-electron chi connectivity index (χ2n) is 6.65. The van der Waals surface area contributed by atoms with Crippen LogP contribution in [0.15, 0.2) is 53.5 Å². The third-order valence-electron chi connectivity index (χ3n) is 5.12. The van der Waals surface area contributed by atoms with Crippen molar-refractivity contribution in [2.75, 3.05) is 13.1 Å². The number of aryl methyl sites for hydroxylation is 2. The van der Waals surface area contributed by atoms with Gasteiger partial charge in [-0.2, -0.15) is 0 Å². The Bertz CT molecular complexity index is 665. The number of hydrogen-bond acceptors (Lipinski definition) is 2. The number of amidine groups is 1. The monoisotopic (exact) mass is 290 g/mol. The molecule has 1 fully saturated rings. The molecule has 0 aromatic heterocycles. The van der Waals surface area contributed by atoms with Crippen LogP contribution in [0.3, 0.4) is 0 Å². The topological polar surface area (TPSA) is 24.4 Å². The van der Waals surface area contributed by atoms with Crippen LogP contribution in [-0.2, 0) is 5.41 Å². The Morgan fingerprint density at radius 1 is 0.909 bits per heavy atom. The Morgan fingerprint density at radius 2 is 1.45 bits per heavy atom. The van der Waals surface area contributed by atoms with Crippen molar-refractivity contribution in [2.45, 2.75) is 25.7 Å². The van der Waals surface area contributed by atoms with Crippen LogP contribution in [0.25, 0.3) is 0 Å². The lowest BCUT2D eigenvalue weighted by Gasteiger charge is -2.20. The van der Waals surface area contributed by atoms with Crippen molar-refractivity contribution in [3.63, 3.8) is 0 Å². The van der Waals surface area contributed by atoms with Crippen molar-refractivity contribution in [3.8, 4) is 0 Å². The average molecular weight is 290 g/mol. The highest BCUT2D eigenvalue weighted by Crippen LogP contribution is 2.59. The van der Waals surface area contributed by atoms with Crippen LogP contribution in [0, 0.1) is 19.8 Å². The van der Waals surface area contributed by atoms with E-state index in [2.05, 4.69) is 72.7 Å². The second kappa shape index (κ2) is 4.98. The Morgan fingerprint density at radius 3 is 1.91 bits per heavy atom. The highest BCUT2D eigenvalue weighted by Gasteiger charge is 2.59. The van der Waals surface area contributed by atoms with Crippen LogP contribution < -0.4 is 5.32 Å². The summed E-state index contributed by atoms with van der Waals surface area (Å²) in [6.45, 7) is 6.21. The maximum absolute atomic E-state index is 4.68. The van der Waals surface area contributed by atoms with Gasteiger partial charge < -0.3 is 5.32 Å². The highest BCUT2D eigenvalue weighted by atomic mass is 15.1. The fraction of sp³-hybridized carbons (Fsp3) is 0.350. The third-order valence-corrected chi connectivity index (χ3v) is 5.12. The molecule has 0 saturated heterocycles. The summed E-state index contributed by atoms with van der Waals surface area (Å²) in [6.07, 6.45) is 1.16. The van der Waals surface area contributed by atoms with Gasteiger partial charge >= 0.3 is 0 Å². The molecule has 1 saturated carbocycles. The van der Waals surface area contributed by atoms with Gasteiger partial charge in [0.2, 0.25) is 0 Å². The standard InChI is InChI=1S/C20H22N2/c1-14-3-7-16(8-4-14)20(17-9-5-15(2)6-10-17)13-18(20)19-21-11-12-22-19/h3-10,18H,11-13H2,1-2H3,(H,21,22)/t18-/m1/s1. The molecule has 112 valence electrons. The van der Waals surface area contributed by atoms with E-state index in [1.807, 2.05) is 0 Å². The molecule has 1 heterocycles. The van der Waals surface area contributed by atoms with E-state index in [-0.39, 0.29) is 5.41 Å². The lowest BCUT2D eigenvalue weighted by molar-refractivity contribution is 0.794. The summed E-state index contributed by atoms with van der Waals surface area (Å²) in [6, 6.07) is 18.1. The van der Waals surface area contributed by atoms with E-state index in [1.54, 1.807) is 0 Å². The Hall–Kier alpha value is -2.09. The van der Waals surface area contributed by atoms with Crippen LogP contribution in [0.1, 0.15) is 28.7 Å². The molecular weight excluding hydrogens is 268 g/mol. The SMILES string of the molecule is Cc1ccc(C2(c3ccc(C)cc3)C[C@@H]2C2=NCCN2)cc1. The zero-order valence-electron chi connectivity index (χ0n) is 13.3. The van der Waals surface area contributed by atoms with Gasteiger partial charge in [0.1, 0.15) is 5.84 Å². The molecule has 0 radical (unpaired) electrons. The molecule has 22 heavy (non-hydrogen) atoms. The van der Waals surface area contributed by atoms with E-state index in [0.717, 1.165) is 19.5 Å². The van der Waals surface area contributed by atoms with Crippen molar-refractivity contribution >= 4 is 5.84 Å². The summed E-state index contributed by atoms with van der Waals surface area (Å²) in [5.41, 5.74) is 5.58. The normalized spacial score (nSPS) is 22.1. The fourth-order valence-electron chi connectivity index (χ4n) is 3.75. The molecule has 1 N–H and O–H groups in total. The summed E-state index contributed by atoms with van der Waals surface area (Å²) in [5, 5.41) is 3.49. The van der Waals surface area contributed by atoms with E-state index in [9.17, 15) is 0 Å². The van der Waals surface area contributed by atoms with Gasteiger partial charge in [0.15, 0.2) is 0 Å². The van der Waals surface area contributed by atoms with Crippen LogP contribution in [-0.4, -0.2) is 18.9 Å². The lowest BCUT2D eigenvalue weighted by Crippen LogP contribution is -2.25. The van der Waals surface area contributed by atoms with Gasteiger partial charge in [-0.1, -0.05) is 59.7 Å². The maximum Gasteiger partial charge on any atom is 0.101 e. The third kappa shape index (κ3) is 2.06. The summed E-state index contributed by atoms with van der Waals surface area (Å²) in [7, 11) is 0. The zero-order chi connectivity index (χ0) is 15.2. The number of benzene rings is 2. The minimum Gasteiger partial charge on any atom is -0.372 e. The van der Waals surface area contributed by atoms with E-state index < -0.39 is 0 Å². The molecule has 1 aliphatic heterocycles. The molecule has 2 nitrogen and oxygen atoms in total. The first-order chi connectivity index (χ1) is 10.7. The molecule has 2 aromatic rings. The van der Waals surface area contributed by atoms with E-state index >= 15 is 0 Å². The lowest BCUT2D eigenvalue weighted by atomic mass is 9.84. The molecule has 0 spiro atoms. The smallest absolute Gasteiger partial charge is 0.101 e. The Labute approximate surface area is 132 Å². The number of rotatable bonds is 3. The Kier molecular flexibility index (Phi) is 3.07. The predicted molar refractivity (Wildman–Crippen MR) is 91.5 cm³/mol. The minimum absolute atomic E-state index is 0.109. The van der Waals surface area contributed by atoms with Crippen LogP contribution in [0.5, 0.6) is 0 Å². The van der Waals surface area contributed by atoms with Crippen LogP contribution >= 0.6 is 0 Å². The number of nitrogens with one attached hydrogen (secondary N) is 1. The van der Waals surface area contributed by atoms with Gasteiger partial charge in [0, 0.05) is 17.9 Å². The first-order valence-electron chi connectivity index (χ1n) is 8.13. The van der Waals surface area contributed by atoms with Gasteiger partial charge in [0.05, 0.1) is 6.54 Å². The summed E-state index contributed by atoms with van der Waals surface area (Å²) < 4.78 is 0. The zero-order valence-corrected chi connectivity index (χ0v) is 13.3. The van der Waals surface area contributed by atoms with Gasteiger partial charge in [-0.25, -0.2) is 0 Å². The summed E-state index contributed by atoms with van der Waals surface area (Å²) >= 11 is 0. The molecule has 0 amide bonds. The van der Waals surface area contributed by atoms with Crippen LogP contribution in [0.4, 0.5) is 0 Å². The molecular formula is C20H22N2. The van der Waals surface area contributed by atoms with Gasteiger partial charge in [-0.05, 0) is 31.4 Å². The predicted octanol–water partition coefficient (Wildman–Crippen LogP) is 3.61. The van der Waals surface area contributed by atoms with Crippen molar-refractivity contribution < 1.29 is 0 Å². The summed E-state index contributed by atoms with van der Waals surface area (Å²) in [5.74, 6) is 1.71. The molecule has 2 aromatic carbocycles. The van der Waals surface area contributed by atoms with Gasteiger partial charge in [-0.3, -0.25) is 4.99 Å². The molecule has 0 unspecified atom stereocenters. The van der Waals surface area contributed by atoms with Crippen molar-refractivity contribution in [1.82, 2.24) is 5.32 Å².